The van der Waals surface area contributed by atoms with E-state index < -0.39 is 0 Å². The second kappa shape index (κ2) is 10.8. The third-order valence-corrected chi connectivity index (χ3v) is 7.00. The van der Waals surface area contributed by atoms with Gasteiger partial charge in [-0.3, -0.25) is 4.79 Å². The quantitative estimate of drug-likeness (QED) is 0.263. The minimum Gasteiger partial charge on any atom is -0.493 e. The summed E-state index contributed by atoms with van der Waals surface area (Å²) >= 11 is 3.13. The number of fused-ring (bicyclic) bond motifs is 1. The molecular formula is C25H26N4O3S2. The van der Waals surface area contributed by atoms with Crippen molar-refractivity contribution in [2.24, 2.45) is 0 Å². The Kier molecular flexibility index (Phi) is 7.64. The van der Waals surface area contributed by atoms with Crippen molar-refractivity contribution in [1.29, 1.82) is 0 Å². The predicted molar refractivity (Wildman–Crippen MR) is 137 cm³/mol. The van der Waals surface area contributed by atoms with Gasteiger partial charge >= 0.3 is 0 Å². The van der Waals surface area contributed by atoms with Crippen LogP contribution in [-0.4, -0.2) is 46.7 Å². The second-order valence-corrected chi connectivity index (χ2v) is 9.39. The lowest BCUT2D eigenvalue weighted by Crippen LogP contribution is -2.24. The van der Waals surface area contributed by atoms with Crippen LogP contribution in [-0.2, 0) is 11.3 Å². The number of aromatic nitrogens is 3. The molecule has 0 fully saturated rings. The van der Waals surface area contributed by atoms with Gasteiger partial charge in [0, 0.05) is 22.7 Å². The molecule has 9 heteroatoms. The summed E-state index contributed by atoms with van der Waals surface area (Å²) in [5.74, 6) is 1.55. The number of ether oxygens (including phenoxy) is 2. The molecule has 2 aromatic heterocycles. The van der Waals surface area contributed by atoms with Crippen molar-refractivity contribution in [3.05, 3.63) is 66.0 Å². The summed E-state index contributed by atoms with van der Waals surface area (Å²) in [6.07, 6.45) is 3.83. The molecule has 7 nitrogen and oxygen atoms in total. The molecule has 4 rings (SSSR count). The smallest absolute Gasteiger partial charge is 0.230 e. The number of hydrogen-bond acceptors (Lipinski definition) is 7. The van der Waals surface area contributed by atoms with E-state index in [1.807, 2.05) is 49.6 Å². The molecule has 0 saturated carbocycles. The van der Waals surface area contributed by atoms with Gasteiger partial charge in [-0.05, 0) is 54.6 Å². The number of carbonyl (C=O) groups excluding carboxylic acids is 1. The maximum absolute atomic E-state index is 12.5. The molecule has 0 saturated heterocycles. The molecule has 2 aromatic carbocycles. The van der Waals surface area contributed by atoms with Crippen LogP contribution in [0.4, 0.5) is 0 Å². The third kappa shape index (κ3) is 5.31. The number of carbonyl (C=O) groups is 1. The van der Waals surface area contributed by atoms with E-state index in [1.165, 1.54) is 16.7 Å². The van der Waals surface area contributed by atoms with Crippen molar-refractivity contribution in [2.45, 2.75) is 23.4 Å². The molecule has 0 atom stereocenters. The van der Waals surface area contributed by atoms with Crippen molar-refractivity contribution in [3.8, 4) is 22.6 Å². The van der Waals surface area contributed by atoms with Crippen LogP contribution < -0.4 is 14.8 Å². The zero-order chi connectivity index (χ0) is 24.1. The lowest BCUT2D eigenvalue weighted by atomic mass is 10.1. The van der Waals surface area contributed by atoms with Gasteiger partial charge in [-0.2, -0.15) is 5.10 Å². The normalized spacial score (nSPS) is 10.9. The summed E-state index contributed by atoms with van der Waals surface area (Å²) in [6, 6.07) is 15.9. The van der Waals surface area contributed by atoms with E-state index in [0.29, 0.717) is 18.0 Å². The van der Waals surface area contributed by atoms with Crippen LogP contribution in [0.25, 0.3) is 16.8 Å². The van der Waals surface area contributed by atoms with Crippen LogP contribution in [0.3, 0.4) is 0 Å². The fraction of sp³-hybridized carbons (Fsp3) is 0.240. The highest BCUT2D eigenvalue weighted by Crippen LogP contribution is 2.34. The third-order valence-electron chi connectivity index (χ3n) is 5.26. The highest BCUT2D eigenvalue weighted by atomic mass is 32.2. The Labute approximate surface area is 207 Å². The number of nitrogens with one attached hydrogen (secondary N) is 1. The lowest BCUT2D eigenvalue weighted by molar-refractivity contribution is -0.118. The van der Waals surface area contributed by atoms with E-state index in [0.717, 1.165) is 33.1 Å². The van der Waals surface area contributed by atoms with Crippen molar-refractivity contribution >= 4 is 35.1 Å². The highest BCUT2D eigenvalue weighted by molar-refractivity contribution is 7.99. The maximum atomic E-state index is 12.5. The van der Waals surface area contributed by atoms with Crippen LogP contribution in [0.2, 0.25) is 0 Å². The molecule has 0 spiro atoms. The Morgan fingerprint density at radius 1 is 1.06 bits per heavy atom. The van der Waals surface area contributed by atoms with Crippen LogP contribution >= 0.6 is 23.5 Å². The molecule has 1 amide bonds. The average molecular weight is 495 g/mol. The molecule has 4 aromatic rings. The summed E-state index contributed by atoms with van der Waals surface area (Å²) in [5, 5.41) is 8.39. The molecule has 1 N–H and O–H groups in total. The predicted octanol–water partition coefficient (Wildman–Crippen LogP) is 4.85. The van der Waals surface area contributed by atoms with Gasteiger partial charge < -0.3 is 14.8 Å². The zero-order valence-electron chi connectivity index (χ0n) is 19.5. The second-order valence-electron chi connectivity index (χ2n) is 7.51. The molecule has 0 aliphatic rings. The molecule has 2 heterocycles. The van der Waals surface area contributed by atoms with Gasteiger partial charge in [-0.1, -0.05) is 30.0 Å². The molecule has 0 unspecified atom stereocenters. The number of methoxy groups -OCH3 is 2. The number of hydrogen-bond donors (Lipinski definition) is 1. The topological polar surface area (TPSA) is 77.8 Å². The van der Waals surface area contributed by atoms with Gasteiger partial charge in [-0.15, -0.1) is 11.8 Å². The molecule has 0 bridgehead atoms. The van der Waals surface area contributed by atoms with Crippen molar-refractivity contribution in [2.75, 3.05) is 26.2 Å². The van der Waals surface area contributed by atoms with Gasteiger partial charge in [-0.25, -0.2) is 9.50 Å². The minimum atomic E-state index is -0.0335. The Balaban J connectivity index is 1.49. The summed E-state index contributed by atoms with van der Waals surface area (Å²) in [6.45, 7) is 2.44. The fourth-order valence-corrected chi connectivity index (χ4v) is 4.79. The van der Waals surface area contributed by atoms with E-state index >= 15 is 0 Å². The molecular weight excluding hydrogens is 468 g/mol. The van der Waals surface area contributed by atoms with Gasteiger partial charge in [0.15, 0.2) is 17.1 Å². The molecule has 176 valence electrons. The largest absolute Gasteiger partial charge is 0.493 e. The lowest BCUT2D eigenvalue weighted by Gasteiger charge is -2.10. The maximum Gasteiger partial charge on any atom is 0.230 e. The van der Waals surface area contributed by atoms with Crippen LogP contribution in [0.15, 0.2) is 64.6 Å². The van der Waals surface area contributed by atoms with E-state index in [1.54, 1.807) is 36.7 Å². The SMILES string of the molecule is COc1ccc(-c2cnn3c(SCC(=O)NCc4ccc(SC)cc4)cc(C)nc23)cc1OC. The van der Waals surface area contributed by atoms with Crippen LogP contribution in [0.5, 0.6) is 11.5 Å². The summed E-state index contributed by atoms with van der Waals surface area (Å²) in [5.41, 5.74) is 4.46. The summed E-state index contributed by atoms with van der Waals surface area (Å²) in [4.78, 5) is 18.4. The van der Waals surface area contributed by atoms with E-state index in [9.17, 15) is 4.79 Å². The first-order valence-electron chi connectivity index (χ1n) is 10.6. The van der Waals surface area contributed by atoms with Gasteiger partial charge in [0.2, 0.25) is 5.91 Å². The fourth-order valence-electron chi connectivity index (χ4n) is 3.49. The Morgan fingerprint density at radius 2 is 1.82 bits per heavy atom. The van der Waals surface area contributed by atoms with E-state index in [-0.39, 0.29) is 11.7 Å². The first kappa shape index (κ1) is 24.0. The first-order valence-corrected chi connectivity index (χ1v) is 12.8. The van der Waals surface area contributed by atoms with E-state index in [2.05, 4.69) is 22.5 Å². The molecule has 34 heavy (non-hydrogen) atoms. The van der Waals surface area contributed by atoms with Crippen molar-refractivity contribution < 1.29 is 14.3 Å². The Morgan fingerprint density at radius 3 is 2.53 bits per heavy atom. The number of aryl methyl sites for hydroxylation is 1. The van der Waals surface area contributed by atoms with Crippen LogP contribution in [0, 0.1) is 6.92 Å². The Bertz CT molecular complexity index is 1310. The number of nitrogens with zero attached hydrogens (tertiary/aromatic N) is 3. The number of thioether (sulfide) groups is 2. The van der Waals surface area contributed by atoms with Crippen molar-refractivity contribution in [1.82, 2.24) is 19.9 Å². The molecule has 0 aliphatic carbocycles. The zero-order valence-corrected chi connectivity index (χ0v) is 21.1. The van der Waals surface area contributed by atoms with Gasteiger partial charge in [0.25, 0.3) is 0 Å². The molecule has 0 aliphatic heterocycles. The van der Waals surface area contributed by atoms with Crippen LogP contribution in [0.1, 0.15) is 11.3 Å². The number of benzene rings is 2. The monoisotopic (exact) mass is 494 g/mol. The summed E-state index contributed by atoms with van der Waals surface area (Å²) < 4.78 is 12.6. The van der Waals surface area contributed by atoms with Gasteiger partial charge in [0.1, 0.15) is 5.03 Å². The van der Waals surface area contributed by atoms with Gasteiger partial charge in [0.05, 0.1) is 26.2 Å². The average Bonchev–Trinajstić information content (AvgIpc) is 3.29. The highest BCUT2D eigenvalue weighted by Gasteiger charge is 2.15. The summed E-state index contributed by atoms with van der Waals surface area (Å²) in [7, 11) is 3.22. The minimum absolute atomic E-state index is 0.0335. The van der Waals surface area contributed by atoms with E-state index in [4.69, 9.17) is 14.5 Å². The van der Waals surface area contributed by atoms with Crippen molar-refractivity contribution in [3.63, 3.8) is 0 Å². The number of rotatable bonds is 9. The molecule has 0 radical (unpaired) electrons. The number of amides is 1. The standard InChI is InChI=1S/C25H26N4O3S2/c1-16-11-24(34-15-23(30)26-13-17-5-8-19(33-4)9-6-17)29-25(28-16)20(14-27-29)18-7-10-21(31-2)22(12-18)32-3/h5-12,14H,13,15H2,1-4H3,(H,26,30). The Hall–Kier alpha value is -3.17. The first-order chi connectivity index (χ1) is 16.5.